The van der Waals surface area contributed by atoms with E-state index in [-0.39, 0.29) is 12.1 Å². The topological polar surface area (TPSA) is 39.1 Å². The zero-order valence-electron chi connectivity index (χ0n) is 10.3. The first-order chi connectivity index (χ1) is 7.76. The first-order valence-corrected chi connectivity index (χ1v) is 6.01. The molecular weight excluding hydrogens is 202 g/mol. The maximum Gasteiger partial charge on any atom is 0.0795 e. The Labute approximate surface area is 97.0 Å². The summed E-state index contributed by atoms with van der Waals surface area (Å²) >= 11 is 0. The van der Waals surface area contributed by atoms with E-state index in [9.17, 15) is 0 Å². The minimum Gasteiger partial charge on any atom is -0.379 e. The van der Waals surface area contributed by atoms with Crippen LogP contribution in [0, 0.1) is 5.92 Å². The van der Waals surface area contributed by atoms with Gasteiger partial charge in [-0.25, -0.2) is 0 Å². The summed E-state index contributed by atoms with van der Waals surface area (Å²) in [4.78, 5) is 0. The van der Waals surface area contributed by atoms with Crippen molar-refractivity contribution in [3.63, 3.8) is 0 Å². The van der Waals surface area contributed by atoms with E-state index in [4.69, 9.17) is 4.74 Å². The quantitative estimate of drug-likeness (QED) is 0.794. The molecule has 1 heterocycles. The number of nitrogens with zero attached hydrogens (tertiary/aromatic N) is 2. The SMILES string of the molecule is CCNC(c1cnn(C)c1)C(OC)C1CC1. The molecule has 1 fully saturated rings. The molecule has 1 aromatic rings. The molecule has 4 nitrogen and oxygen atoms in total. The molecule has 2 rings (SSSR count). The zero-order chi connectivity index (χ0) is 11.5. The van der Waals surface area contributed by atoms with E-state index < -0.39 is 0 Å². The van der Waals surface area contributed by atoms with Gasteiger partial charge in [0.25, 0.3) is 0 Å². The Kier molecular flexibility index (Phi) is 3.61. The van der Waals surface area contributed by atoms with Crippen molar-refractivity contribution in [2.45, 2.75) is 31.9 Å². The highest BCUT2D eigenvalue weighted by Gasteiger charge is 2.37. The first-order valence-electron chi connectivity index (χ1n) is 6.01. The van der Waals surface area contributed by atoms with Crippen LogP contribution in [0.5, 0.6) is 0 Å². The van der Waals surface area contributed by atoms with Crippen LogP contribution in [0.25, 0.3) is 0 Å². The van der Waals surface area contributed by atoms with Gasteiger partial charge in [0.05, 0.1) is 18.3 Å². The molecular formula is C12H21N3O. The third-order valence-electron chi connectivity index (χ3n) is 3.20. The highest BCUT2D eigenvalue weighted by atomic mass is 16.5. The molecule has 1 aromatic heterocycles. The van der Waals surface area contributed by atoms with Crippen molar-refractivity contribution in [1.29, 1.82) is 0 Å². The van der Waals surface area contributed by atoms with Crippen molar-refractivity contribution >= 4 is 0 Å². The molecule has 1 N–H and O–H groups in total. The van der Waals surface area contributed by atoms with Gasteiger partial charge in [0.2, 0.25) is 0 Å². The maximum atomic E-state index is 5.65. The van der Waals surface area contributed by atoms with E-state index in [1.807, 2.05) is 25.0 Å². The Morgan fingerprint density at radius 1 is 1.62 bits per heavy atom. The minimum atomic E-state index is 0.274. The second-order valence-electron chi connectivity index (χ2n) is 4.52. The Morgan fingerprint density at radius 3 is 2.81 bits per heavy atom. The molecule has 16 heavy (non-hydrogen) atoms. The van der Waals surface area contributed by atoms with Crippen LogP contribution in [0.2, 0.25) is 0 Å². The van der Waals surface area contributed by atoms with Gasteiger partial charge in [-0.15, -0.1) is 0 Å². The summed E-state index contributed by atoms with van der Waals surface area (Å²) in [6.07, 6.45) is 6.87. The highest BCUT2D eigenvalue weighted by Crippen LogP contribution is 2.39. The molecule has 4 heteroatoms. The summed E-state index contributed by atoms with van der Waals surface area (Å²) in [7, 11) is 3.76. The number of aryl methyl sites for hydroxylation is 1. The van der Waals surface area contributed by atoms with Crippen LogP contribution in [0.15, 0.2) is 12.4 Å². The van der Waals surface area contributed by atoms with Gasteiger partial charge in [-0.3, -0.25) is 4.68 Å². The van der Waals surface area contributed by atoms with E-state index in [0.717, 1.165) is 6.54 Å². The van der Waals surface area contributed by atoms with Crippen LogP contribution < -0.4 is 5.32 Å². The monoisotopic (exact) mass is 223 g/mol. The maximum absolute atomic E-state index is 5.65. The largest absolute Gasteiger partial charge is 0.379 e. The second kappa shape index (κ2) is 4.97. The summed E-state index contributed by atoms with van der Waals surface area (Å²) in [6, 6.07) is 0.274. The molecule has 1 aliphatic rings. The third kappa shape index (κ3) is 2.44. The van der Waals surface area contributed by atoms with E-state index in [1.54, 1.807) is 0 Å². The Balaban J connectivity index is 2.14. The van der Waals surface area contributed by atoms with Crippen molar-refractivity contribution in [3.8, 4) is 0 Å². The van der Waals surface area contributed by atoms with Crippen LogP contribution in [0.3, 0.4) is 0 Å². The van der Waals surface area contributed by atoms with Gasteiger partial charge in [-0.2, -0.15) is 5.10 Å². The van der Waals surface area contributed by atoms with Gasteiger partial charge in [0, 0.05) is 25.9 Å². The number of ether oxygens (including phenoxy) is 1. The molecule has 90 valence electrons. The van der Waals surface area contributed by atoms with Gasteiger partial charge in [0.1, 0.15) is 0 Å². The molecule has 0 bridgehead atoms. The van der Waals surface area contributed by atoms with Crippen LogP contribution >= 0.6 is 0 Å². The van der Waals surface area contributed by atoms with Gasteiger partial charge < -0.3 is 10.1 Å². The Hall–Kier alpha value is -0.870. The third-order valence-corrected chi connectivity index (χ3v) is 3.20. The molecule has 0 radical (unpaired) electrons. The second-order valence-corrected chi connectivity index (χ2v) is 4.52. The van der Waals surface area contributed by atoms with Gasteiger partial charge in [0.15, 0.2) is 0 Å². The Morgan fingerprint density at radius 2 is 2.38 bits per heavy atom. The molecule has 2 atom stereocenters. The van der Waals surface area contributed by atoms with E-state index in [2.05, 4.69) is 23.5 Å². The number of aromatic nitrogens is 2. The lowest BCUT2D eigenvalue weighted by Gasteiger charge is -2.25. The van der Waals surface area contributed by atoms with Gasteiger partial charge in [-0.1, -0.05) is 6.92 Å². The van der Waals surface area contributed by atoms with Crippen LogP contribution in [-0.4, -0.2) is 29.5 Å². The predicted molar refractivity (Wildman–Crippen MR) is 63.1 cm³/mol. The first kappa shape index (κ1) is 11.6. The summed E-state index contributed by atoms with van der Waals surface area (Å²) in [5.41, 5.74) is 1.23. The van der Waals surface area contributed by atoms with Gasteiger partial charge >= 0.3 is 0 Å². The number of methoxy groups -OCH3 is 1. The van der Waals surface area contributed by atoms with Gasteiger partial charge in [-0.05, 0) is 25.3 Å². The molecule has 2 unspecified atom stereocenters. The van der Waals surface area contributed by atoms with Crippen molar-refractivity contribution in [2.24, 2.45) is 13.0 Å². The fraction of sp³-hybridized carbons (Fsp3) is 0.750. The number of nitrogens with one attached hydrogen (secondary N) is 1. The summed E-state index contributed by atoms with van der Waals surface area (Å²) in [5.74, 6) is 0.717. The van der Waals surface area contributed by atoms with Crippen LogP contribution in [-0.2, 0) is 11.8 Å². The van der Waals surface area contributed by atoms with Crippen LogP contribution in [0.4, 0.5) is 0 Å². The summed E-state index contributed by atoms with van der Waals surface area (Å²) < 4.78 is 7.50. The zero-order valence-corrected chi connectivity index (χ0v) is 10.3. The molecule has 0 amide bonds. The van der Waals surface area contributed by atoms with E-state index in [0.29, 0.717) is 5.92 Å². The standard InChI is InChI=1S/C12H21N3O/c1-4-13-11(10-7-14-15(2)8-10)12(16-3)9-5-6-9/h7-9,11-13H,4-6H2,1-3H3. The number of likely N-dealkylation sites (N-methyl/N-ethyl adjacent to an activating group) is 1. The fourth-order valence-corrected chi connectivity index (χ4v) is 2.27. The lowest BCUT2D eigenvalue weighted by atomic mass is 10.0. The average molecular weight is 223 g/mol. The Bertz CT molecular complexity index is 333. The lowest BCUT2D eigenvalue weighted by Crippen LogP contribution is -2.34. The molecule has 0 aromatic carbocycles. The molecule has 1 aliphatic carbocycles. The molecule has 0 saturated heterocycles. The summed E-state index contributed by atoms with van der Waals surface area (Å²) in [6.45, 7) is 3.08. The number of hydrogen-bond acceptors (Lipinski definition) is 3. The smallest absolute Gasteiger partial charge is 0.0795 e. The number of hydrogen-bond donors (Lipinski definition) is 1. The van der Waals surface area contributed by atoms with Crippen molar-refractivity contribution in [2.75, 3.05) is 13.7 Å². The molecule has 0 spiro atoms. The summed E-state index contributed by atoms with van der Waals surface area (Å²) in [5, 5.41) is 7.74. The van der Waals surface area contributed by atoms with E-state index >= 15 is 0 Å². The molecule has 0 aliphatic heterocycles. The predicted octanol–water partition coefficient (Wildman–Crippen LogP) is 1.50. The van der Waals surface area contributed by atoms with Crippen LogP contribution in [0.1, 0.15) is 31.4 Å². The normalized spacial score (nSPS) is 19.7. The lowest BCUT2D eigenvalue weighted by molar-refractivity contribution is 0.0511. The highest BCUT2D eigenvalue weighted by molar-refractivity contribution is 5.14. The minimum absolute atomic E-state index is 0.274. The average Bonchev–Trinajstić information content (AvgIpc) is 3.01. The molecule has 1 saturated carbocycles. The van der Waals surface area contributed by atoms with Crippen molar-refractivity contribution < 1.29 is 4.74 Å². The fourth-order valence-electron chi connectivity index (χ4n) is 2.27. The number of rotatable bonds is 6. The van der Waals surface area contributed by atoms with E-state index in [1.165, 1.54) is 18.4 Å². The van der Waals surface area contributed by atoms with Crippen molar-refractivity contribution in [1.82, 2.24) is 15.1 Å². The van der Waals surface area contributed by atoms with Crippen molar-refractivity contribution in [3.05, 3.63) is 18.0 Å².